The molecule has 0 aliphatic carbocycles. The van der Waals surface area contributed by atoms with Gasteiger partial charge in [0.25, 0.3) is 5.91 Å². The van der Waals surface area contributed by atoms with Crippen molar-refractivity contribution in [1.29, 1.82) is 0 Å². The zero-order valence-electron chi connectivity index (χ0n) is 11.1. The Kier molecular flexibility index (Phi) is 5.58. The molecule has 2 rings (SSSR count). The predicted octanol–water partition coefficient (Wildman–Crippen LogP) is 2.47. The molecule has 2 N–H and O–H groups in total. The summed E-state index contributed by atoms with van der Waals surface area (Å²) >= 11 is 3.23. The van der Waals surface area contributed by atoms with E-state index in [-0.39, 0.29) is 19.1 Å². The third-order valence-electron chi connectivity index (χ3n) is 2.57. The number of carbonyl (C=O) groups is 1. The molecule has 0 saturated carbocycles. The first-order valence-electron chi connectivity index (χ1n) is 6.22. The summed E-state index contributed by atoms with van der Waals surface area (Å²) in [5.74, 6) is 0.589. The van der Waals surface area contributed by atoms with Gasteiger partial charge < -0.3 is 10.4 Å². The predicted molar refractivity (Wildman–Crippen MR) is 82.3 cm³/mol. The number of hydrogen-bond acceptors (Lipinski definition) is 5. The van der Waals surface area contributed by atoms with E-state index in [4.69, 9.17) is 5.11 Å². The Balaban J connectivity index is 2.05. The minimum absolute atomic E-state index is 0.0564. The topological polar surface area (TPSA) is 62.2 Å². The third-order valence-corrected chi connectivity index (χ3v) is 4.50. The second-order valence-corrected chi connectivity index (χ2v) is 6.20. The Hall–Kier alpha value is -1.37. The number of aryl methyl sites for hydroxylation is 1. The molecule has 106 valence electrons. The number of aliphatic hydroxyl groups is 1. The normalized spacial score (nSPS) is 10.5. The van der Waals surface area contributed by atoms with E-state index >= 15 is 0 Å². The van der Waals surface area contributed by atoms with Crippen molar-refractivity contribution in [2.45, 2.75) is 17.6 Å². The number of rotatable bonds is 6. The number of aliphatic hydroxyl groups excluding tert-OH is 1. The molecule has 0 aliphatic rings. The molecule has 0 atom stereocenters. The van der Waals surface area contributed by atoms with Gasteiger partial charge in [-0.3, -0.25) is 4.79 Å². The summed E-state index contributed by atoms with van der Waals surface area (Å²) in [4.78, 5) is 17.3. The molecule has 0 saturated heterocycles. The smallest absolute Gasteiger partial charge is 0.252 e. The standard InChI is InChI=1S/C14H16N2O2S2/c1-10-16-11(8-19-10)9-20-13-5-3-2-4-12(13)14(18)15-6-7-17/h2-5,8,17H,6-7,9H2,1H3,(H,15,18). The molecule has 0 bridgehead atoms. The molecule has 0 fully saturated rings. The molecule has 0 radical (unpaired) electrons. The molecule has 2 aromatic rings. The Morgan fingerprint density at radius 2 is 2.25 bits per heavy atom. The number of nitrogens with one attached hydrogen (secondary N) is 1. The summed E-state index contributed by atoms with van der Waals surface area (Å²) < 4.78 is 0. The van der Waals surface area contributed by atoms with Crippen molar-refractivity contribution in [3.8, 4) is 0 Å². The summed E-state index contributed by atoms with van der Waals surface area (Å²) in [6.45, 7) is 2.19. The van der Waals surface area contributed by atoms with Gasteiger partial charge in [0.1, 0.15) is 0 Å². The Bertz CT molecular complexity index is 584. The maximum atomic E-state index is 12.0. The SMILES string of the molecule is Cc1nc(CSc2ccccc2C(=O)NCCO)cs1. The molecular weight excluding hydrogens is 292 g/mol. The number of thioether (sulfide) groups is 1. The van der Waals surface area contributed by atoms with Crippen LogP contribution in [0.1, 0.15) is 21.1 Å². The molecule has 0 spiro atoms. The van der Waals surface area contributed by atoms with Gasteiger partial charge >= 0.3 is 0 Å². The van der Waals surface area contributed by atoms with Crippen LogP contribution in [0.2, 0.25) is 0 Å². The van der Waals surface area contributed by atoms with Crippen LogP contribution >= 0.6 is 23.1 Å². The summed E-state index contributed by atoms with van der Waals surface area (Å²) in [7, 11) is 0. The molecule has 6 heteroatoms. The number of nitrogens with zero attached hydrogens (tertiary/aromatic N) is 1. The van der Waals surface area contributed by atoms with Crippen LogP contribution in [0.15, 0.2) is 34.5 Å². The van der Waals surface area contributed by atoms with Crippen molar-refractivity contribution in [3.63, 3.8) is 0 Å². The van der Waals surface area contributed by atoms with Crippen molar-refractivity contribution in [2.75, 3.05) is 13.2 Å². The van der Waals surface area contributed by atoms with Crippen LogP contribution in [0.5, 0.6) is 0 Å². The van der Waals surface area contributed by atoms with E-state index in [1.54, 1.807) is 29.2 Å². The Labute approximate surface area is 126 Å². The van der Waals surface area contributed by atoms with Crippen LogP contribution in [-0.2, 0) is 5.75 Å². The zero-order chi connectivity index (χ0) is 14.4. The number of aromatic nitrogens is 1. The molecule has 0 aliphatic heterocycles. The van der Waals surface area contributed by atoms with E-state index in [2.05, 4.69) is 10.3 Å². The Morgan fingerprint density at radius 1 is 1.45 bits per heavy atom. The lowest BCUT2D eigenvalue weighted by atomic mass is 10.2. The number of amides is 1. The second kappa shape index (κ2) is 7.42. The number of benzene rings is 1. The lowest BCUT2D eigenvalue weighted by molar-refractivity contribution is 0.0942. The van der Waals surface area contributed by atoms with Crippen molar-refractivity contribution >= 4 is 29.0 Å². The minimum Gasteiger partial charge on any atom is -0.395 e. The number of thiazole rings is 1. The van der Waals surface area contributed by atoms with E-state index in [9.17, 15) is 4.79 Å². The first-order chi connectivity index (χ1) is 9.70. The highest BCUT2D eigenvalue weighted by Crippen LogP contribution is 2.26. The van der Waals surface area contributed by atoms with Gasteiger partial charge in [0.2, 0.25) is 0 Å². The fourth-order valence-corrected chi connectivity index (χ4v) is 3.33. The van der Waals surface area contributed by atoms with E-state index in [0.29, 0.717) is 5.56 Å². The summed E-state index contributed by atoms with van der Waals surface area (Å²) in [6.07, 6.45) is 0. The summed E-state index contributed by atoms with van der Waals surface area (Å²) in [5, 5.41) is 14.5. The molecule has 1 amide bonds. The van der Waals surface area contributed by atoms with Gasteiger partial charge in [0, 0.05) is 22.6 Å². The molecule has 20 heavy (non-hydrogen) atoms. The monoisotopic (exact) mass is 308 g/mol. The molecule has 4 nitrogen and oxygen atoms in total. The number of carbonyl (C=O) groups excluding carboxylic acids is 1. The molecule has 1 heterocycles. The van der Waals surface area contributed by atoms with Crippen LogP contribution in [-0.4, -0.2) is 29.1 Å². The molecule has 1 aromatic heterocycles. The molecular formula is C14H16N2O2S2. The third kappa shape index (κ3) is 4.06. The fourth-order valence-electron chi connectivity index (χ4n) is 1.67. The lowest BCUT2D eigenvalue weighted by Crippen LogP contribution is -2.26. The van der Waals surface area contributed by atoms with Gasteiger partial charge in [-0.2, -0.15) is 0 Å². The highest BCUT2D eigenvalue weighted by molar-refractivity contribution is 7.98. The lowest BCUT2D eigenvalue weighted by Gasteiger charge is -2.08. The maximum Gasteiger partial charge on any atom is 0.252 e. The first kappa shape index (κ1) is 15.0. The van der Waals surface area contributed by atoms with Crippen LogP contribution in [0, 0.1) is 6.92 Å². The van der Waals surface area contributed by atoms with Gasteiger partial charge in [-0.15, -0.1) is 23.1 Å². The Morgan fingerprint density at radius 3 is 2.95 bits per heavy atom. The summed E-state index contributed by atoms with van der Waals surface area (Å²) in [6, 6.07) is 7.47. The van der Waals surface area contributed by atoms with E-state index in [1.165, 1.54) is 0 Å². The molecule has 0 unspecified atom stereocenters. The van der Waals surface area contributed by atoms with E-state index in [1.807, 2.05) is 30.5 Å². The number of hydrogen-bond donors (Lipinski definition) is 2. The second-order valence-electron chi connectivity index (χ2n) is 4.12. The maximum absolute atomic E-state index is 12.0. The van der Waals surface area contributed by atoms with Crippen molar-refractivity contribution < 1.29 is 9.90 Å². The van der Waals surface area contributed by atoms with Gasteiger partial charge in [0.05, 0.1) is 22.9 Å². The van der Waals surface area contributed by atoms with Crippen molar-refractivity contribution in [1.82, 2.24) is 10.3 Å². The van der Waals surface area contributed by atoms with Crippen LogP contribution in [0.4, 0.5) is 0 Å². The van der Waals surface area contributed by atoms with Gasteiger partial charge in [0.15, 0.2) is 0 Å². The average molecular weight is 308 g/mol. The van der Waals surface area contributed by atoms with Gasteiger partial charge in [-0.25, -0.2) is 4.98 Å². The van der Waals surface area contributed by atoms with Crippen LogP contribution < -0.4 is 5.32 Å². The van der Waals surface area contributed by atoms with Crippen molar-refractivity contribution in [2.24, 2.45) is 0 Å². The van der Waals surface area contributed by atoms with Crippen LogP contribution in [0.25, 0.3) is 0 Å². The van der Waals surface area contributed by atoms with Crippen LogP contribution in [0.3, 0.4) is 0 Å². The van der Waals surface area contributed by atoms with E-state index < -0.39 is 0 Å². The summed E-state index contributed by atoms with van der Waals surface area (Å²) in [5.41, 5.74) is 1.67. The fraction of sp³-hybridized carbons (Fsp3) is 0.286. The van der Waals surface area contributed by atoms with Gasteiger partial charge in [-0.05, 0) is 19.1 Å². The van der Waals surface area contributed by atoms with Gasteiger partial charge in [-0.1, -0.05) is 12.1 Å². The minimum atomic E-state index is -0.156. The highest BCUT2D eigenvalue weighted by atomic mass is 32.2. The largest absolute Gasteiger partial charge is 0.395 e. The highest BCUT2D eigenvalue weighted by Gasteiger charge is 2.11. The van der Waals surface area contributed by atoms with E-state index in [0.717, 1.165) is 21.3 Å². The first-order valence-corrected chi connectivity index (χ1v) is 8.09. The quantitative estimate of drug-likeness (QED) is 0.805. The molecule has 1 aromatic carbocycles. The average Bonchev–Trinajstić information content (AvgIpc) is 2.88. The van der Waals surface area contributed by atoms with Crippen molar-refractivity contribution in [3.05, 3.63) is 45.9 Å². The zero-order valence-corrected chi connectivity index (χ0v) is 12.8.